The number of benzene rings is 1. The molecule has 8 heteroatoms. The molecular weight excluding hydrogens is 330 g/mol. The molecule has 0 amide bonds. The third-order valence-electron chi connectivity index (χ3n) is 6.39. The van der Waals surface area contributed by atoms with E-state index in [1.165, 1.54) is 0 Å². The number of fused-ring (bicyclic) bond motifs is 4. The van der Waals surface area contributed by atoms with Crippen LogP contribution in [0.15, 0.2) is 12.1 Å². The van der Waals surface area contributed by atoms with Crippen LogP contribution in [0.5, 0.6) is 11.5 Å². The van der Waals surface area contributed by atoms with Gasteiger partial charge in [-0.3, -0.25) is 10.1 Å². The summed E-state index contributed by atoms with van der Waals surface area (Å²) in [4.78, 5) is 11.6. The molecule has 2 spiro atoms. The number of rotatable bonds is 1. The molecule has 1 saturated carbocycles. The lowest BCUT2D eigenvalue weighted by Crippen LogP contribution is -2.52. The first-order valence-electron chi connectivity index (χ1n) is 8.65. The van der Waals surface area contributed by atoms with Crippen molar-refractivity contribution < 1.29 is 28.6 Å². The maximum absolute atomic E-state index is 11.8. The van der Waals surface area contributed by atoms with Crippen molar-refractivity contribution in [3.8, 4) is 11.5 Å². The first kappa shape index (κ1) is 14.3. The molecule has 4 aliphatic heterocycles. The maximum Gasteiger partial charge on any atom is 0.248 e. The molecule has 1 aromatic carbocycles. The number of nitrogens with zero attached hydrogens (tertiary/aromatic N) is 1. The molecule has 0 radical (unpaired) electrons. The van der Waals surface area contributed by atoms with Crippen LogP contribution in [0.2, 0.25) is 0 Å². The molecule has 4 atom stereocenters. The van der Waals surface area contributed by atoms with Crippen LogP contribution in [0.4, 0.5) is 0 Å². The summed E-state index contributed by atoms with van der Waals surface area (Å²) in [7, 11) is 0. The number of ether oxygens (including phenoxy) is 5. The maximum atomic E-state index is 11.8. The topological polar surface area (TPSA) is 89.3 Å². The Bertz CT molecular complexity index is 789. The van der Waals surface area contributed by atoms with Crippen molar-refractivity contribution in [2.45, 2.75) is 42.8 Å². The fraction of sp³-hybridized carbons (Fsp3) is 0.647. The molecule has 0 N–H and O–H groups in total. The van der Waals surface area contributed by atoms with Gasteiger partial charge in [0, 0.05) is 17.8 Å². The quantitative estimate of drug-likeness (QED) is 0.566. The molecular formula is C17H17NO7. The summed E-state index contributed by atoms with van der Waals surface area (Å²) in [6.45, 7) is 1.28. The minimum absolute atomic E-state index is 0.176. The van der Waals surface area contributed by atoms with Crippen LogP contribution < -0.4 is 9.47 Å². The Morgan fingerprint density at radius 1 is 1.16 bits per heavy atom. The van der Waals surface area contributed by atoms with E-state index in [1.54, 1.807) is 0 Å². The Hall–Kier alpha value is -1.90. The third-order valence-corrected chi connectivity index (χ3v) is 6.39. The van der Waals surface area contributed by atoms with E-state index in [0.29, 0.717) is 44.0 Å². The number of nitro groups is 1. The highest BCUT2D eigenvalue weighted by Crippen LogP contribution is 2.67. The van der Waals surface area contributed by atoms with Crippen molar-refractivity contribution in [2.24, 2.45) is 5.92 Å². The molecule has 8 nitrogen and oxygen atoms in total. The van der Waals surface area contributed by atoms with Crippen LogP contribution in [-0.2, 0) is 19.8 Å². The lowest BCUT2D eigenvalue weighted by molar-refractivity contribution is -0.537. The summed E-state index contributed by atoms with van der Waals surface area (Å²) >= 11 is 0. The van der Waals surface area contributed by atoms with Crippen LogP contribution in [0.1, 0.15) is 36.5 Å². The molecule has 25 heavy (non-hydrogen) atoms. The summed E-state index contributed by atoms with van der Waals surface area (Å²) in [5, 5.41) is 11.8. The van der Waals surface area contributed by atoms with Crippen molar-refractivity contribution in [1.29, 1.82) is 0 Å². The molecule has 1 aromatic rings. The second-order valence-corrected chi connectivity index (χ2v) is 7.43. The summed E-state index contributed by atoms with van der Waals surface area (Å²) in [6, 6.07) is 3.04. The van der Waals surface area contributed by atoms with Crippen LogP contribution >= 0.6 is 0 Å². The van der Waals surface area contributed by atoms with E-state index < -0.39 is 23.5 Å². The molecule has 2 saturated heterocycles. The van der Waals surface area contributed by atoms with Crippen molar-refractivity contribution in [2.75, 3.05) is 20.0 Å². The highest BCUT2D eigenvalue weighted by Gasteiger charge is 2.71. The van der Waals surface area contributed by atoms with Gasteiger partial charge in [0.2, 0.25) is 12.8 Å². The van der Waals surface area contributed by atoms with Gasteiger partial charge in [-0.2, -0.15) is 0 Å². The van der Waals surface area contributed by atoms with E-state index in [1.807, 2.05) is 12.1 Å². The largest absolute Gasteiger partial charge is 0.454 e. The van der Waals surface area contributed by atoms with Crippen molar-refractivity contribution in [3.63, 3.8) is 0 Å². The molecule has 0 unspecified atom stereocenters. The summed E-state index contributed by atoms with van der Waals surface area (Å²) in [6.07, 6.45) is 1.24. The molecule has 5 aliphatic rings. The van der Waals surface area contributed by atoms with E-state index in [-0.39, 0.29) is 17.6 Å². The second-order valence-electron chi connectivity index (χ2n) is 7.43. The molecule has 2 bridgehead atoms. The van der Waals surface area contributed by atoms with Gasteiger partial charge in [0.25, 0.3) is 0 Å². The average molecular weight is 347 g/mol. The van der Waals surface area contributed by atoms with Gasteiger partial charge >= 0.3 is 0 Å². The zero-order chi connectivity index (χ0) is 16.8. The zero-order valence-electron chi connectivity index (χ0n) is 13.4. The molecule has 3 fully saturated rings. The highest BCUT2D eigenvalue weighted by molar-refractivity contribution is 5.55. The molecule has 1 aliphatic carbocycles. The average Bonchev–Trinajstić information content (AvgIpc) is 3.33. The number of hydrogen-bond donors (Lipinski definition) is 0. The van der Waals surface area contributed by atoms with E-state index in [9.17, 15) is 10.1 Å². The van der Waals surface area contributed by atoms with E-state index in [2.05, 4.69) is 0 Å². The minimum atomic E-state index is -0.749. The van der Waals surface area contributed by atoms with Crippen molar-refractivity contribution >= 4 is 0 Å². The third kappa shape index (κ3) is 1.63. The van der Waals surface area contributed by atoms with Gasteiger partial charge < -0.3 is 23.7 Å². The molecule has 132 valence electrons. The van der Waals surface area contributed by atoms with Crippen molar-refractivity contribution in [1.82, 2.24) is 0 Å². The van der Waals surface area contributed by atoms with Crippen LogP contribution in [-0.4, -0.2) is 36.8 Å². The lowest BCUT2D eigenvalue weighted by atomic mass is 9.63. The molecule has 4 heterocycles. The van der Waals surface area contributed by atoms with Gasteiger partial charge in [-0.25, -0.2) is 0 Å². The Morgan fingerprint density at radius 2 is 1.92 bits per heavy atom. The van der Waals surface area contributed by atoms with Gasteiger partial charge in [-0.05, 0) is 29.7 Å². The summed E-state index contributed by atoms with van der Waals surface area (Å²) in [5.41, 5.74) is 1.07. The van der Waals surface area contributed by atoms with Gasteiger partial charge in [0.15, 0.2) is 23.4 Å². The molecule has 0 aromatic heterocycles. The Balaban J connectivity index is 1.53. The SMILES string of the molecule is O=[N+]([O-])[C@@H]1[C@H]2CCC3(C[C@@]24O[C@H]1c1cc2c(cc14)OCO2)OCCO3. The first-order chi connectivity index (χ1) is 12.1. The van der Waals surface area contributed by atoms with E-state index >= 15 is 0 Å². The lowest BCUT2D eigenvalue weighted by Gasteiger charge is -2.45. The van der Waals surface area contributed by atoms with Crippen LogP contribution in [0.3, 0.4) is 0 Å². The fourth-order valence-corrected chi connectivity index (χ4v) is 5.48. The predicted octanol–water partition coefficient (Wildman–Crippen LogP) is 1.88. The van der Waals surface area contributed by atoms with Gasteiger partial charge in [-0.15, -0.1) is 0 Å². The predicted molar refractivity (Wildman–Crippen MR) is 80.8 cm³/mol. The smallest absolute Gasteiger partial charge is 0.248 e. The van der Waals surface area contributed by atoms with Crippen LogP contribution in [0, 0.1) is 16.0 Å². The van der Waals surface area contributed by atoms with E-state index in [0.717, 1.165) is 11.1 Å². The summed E-state index contributed by atoms with van der Waals surface area (Å²) < 4.78 is 29.2. The standard InChI is InChI=1S/C17H17NO7/c19-18(20)14-10-1-2-16(23-3-4-24-16)7-17(10)11-6-13-12(21-8-22-13)5-9(11)15(14)25-17/h5-6,10,14-15H,1-4,7-8H2/t10-,14-,15+,17-/m1/s1. The van der Waals surface area contributed by atoms with Crippen LogP contribution in [0.25, 0.3) is 0 Å². The second kappa shape index (κ2) is 4.44. The minimum Gasteiger partial charge on any atom is -0.454 e. The van der Waals surface area contributed by atoms with Crippen molar-refractivity contribution in [3.05, 3.63) is 33.4 Å². The monoisotopic (exact) mass is 347 g/mol. The Morgan fingerprint density at radius 3 is 2.68 bits per heavy atom. The molecule has 6 rings (SSSR count). The highest BCUT2D eigenvalue weighted by atomic mass is 16.7. The first-order valence-corrected chi connectivity index (χ1v) is 8.65. The van der Waals surface area contributed by atoms with E-state index in [4.69, 9.17) is 23.7 Å². The van der Waals surface area contributed by atoms with Gasteiger partial charge in [-0.1, -0.05) is 0 Å². The van der Waals surface area contributed by atoms with Gasteiger partial charge in [0.05, 0.1) is 19.1 Å². The number of hydrogen-bond acceptors (Lipinski definition) is 7. The normalized spacial score (nSPS) is 38.8. The summed E-state index contributed by atoms with van der Waals surface area (Å²) in [5.74, 6) is 0.432. The zero-order valence-corrected chi connectivity index (χ0v) is 13.4. The fourth-order valence-electron chi connectivity index (χ4n) is 5.48. The Labute approximate surface area is 143 Å². The van der Waals surface area contributed by atoms with Gasteiger partial charge in [0.1, 0.15) is 5.60 Å². The Kier molecular flexibility index (Phi) is 2.53.